The molecule has 0 spiro atoms. The molecule has 0 saturated carbocycles. The van der Waals surface area contributed by atoms with Crippen LogP contribution in [-0.2, 0) is 6.18 Å². The number of halogens is 3. The molecule has 6 heteroatoms. The van der Waals surface area contributed by atoms with Gasteiger partial charge in [-0.2, -0.15) is 13.2 Å². The summed E-state index contributed by atoms with van der Waals surface area (Å²) >= 11 is 0. The van der Waals surface area contributed by atoms with Gasteiger partial charge < -0.3 is 16.2 Å². The van der Waals surface area contributed by atoms with Crippen molar-refractivity contribution in [3.8, 4) is 0 Å². The molecule has 4 N–H and O–H groups in total. The van der Waals surface area contributed by atoms with Crippen molar-refractivity contribution < 1.29 is 18.3 Å². The Kier molecular flexibility index (Phi) is 6.45. The van der Waals surface area contributed by atoms with E-state index in [1.54, 1.807) is 6.07 Å². The molecule has 20 heavy (non-hydrogen) atoms. The monoisotopic (exact) mass is 290 g/mol. The van der Waals surface area contributed by atoms with Crippen molar-refractivity contribution in [3.05, 3.63) is 35.4 Å². The van der Waals surface area contributed by atoms with E-state index in [1.807, 2.05) is 6.92 Å². The third kappa shape index (κ3) is 4.47. The van der Waals surface area contributed by atoms with Crippen LogP contribution in [0.3, 0.4) is 0 Å². The summed E-state index contributed by atoms with van der Waals surface area (Å²) in [6.07, 6.45) is -3.20. The number of nitrogens with two attached hydrogens (primary N) is 1. The summed E-state index contributed by atoms with van der Waals surface area (Å²) in [7, 11) is 0. The first-order valence-corrected chi connectivity index (χ1v) is 6.67. The lowest BCUT2D eigenvalue weighted by Crippen LogP contribution is -2.38. The highest BCUT2D eigenvalue weighted by atomic mass is 19.4. The van der Waals surface area contributed by atoms with Crippen LogP contribution in [0.4, 0.5) is 13.2 Å². The van der Waals surface area contributed by atoms with Gasteiger partial charge in [0.25, 0.3) is 0 Å². The van der Waals surface area contributed by atoms with Gasteiger partial charge in [-0.15, -0.1) is 0 Å². The SMILES string of the molecule is CCC(CCO)NC(CN)c1ccccc1C(F)(F)F. The third-order valence-electron chi connectivity index (χ3n) is 3.28. The van der Waals surface area contributed by atoms with Crippen molar-refractivity contribution in [1.82, 2.24) is 5.32 Å². The maximum Gasteiger partial charge on any atom is 0.416 e. The smallest absolute Gasteiger partial charge is 0.396 e. The molecule has 0 aliphatic heterocycles. The fraction of sp³-hybridized carbons (Fsp3) is 0.571. The van der Waals surface area contributed by atoms with Gasteiger partial charge in [0, 0.05) is 25.2 Å². The molecule has 2 atom stereocenters. The Morgan fingerprint density at radius 1 is 1.30 bits per heavy atom. The number of hydrogen-bond donors (Lipinski definition) is 3. The molecule has 0 aliphatic rings. The molecule has 1 aromatic rings. The van der Waals surface area contributed by atoms with Gasteiger partial charge in [-0.1, -0.05) is 25.1 Å². The molecule has 0 saturated heterocycles. The van der Waals surface area contributed by atoms with Crippen LogP contribution in [0.1, 0.15) is 36.9 Å². The molecule has 0 aliphatic carbocycles. The lowest BCUT2D eigenvalue weighted by molar-refractivity contribution is -0.138. The van der Waals surface area contributed by atoms with Crippen molar-refractivity contribution in [2.75, 3.05) is 13.2 Å². The Balaban J connectivity index is 3.00. The topological polar surface area (TPSA) is 58.3 Å². The van der Waals surface area contributed by atoms with E-state index in [9.17, 15) is 13.2 Å². The standard InChI is InChI=1S/C14H21F3N2O/c1-2-10(7-8-20)19-13(9-18)11-5-3-4-6-12(11)14(15,16)17/h3-6,10,13,19-20H,2,7-9,18H2,1H3. The largest absolute Gasteiger partial charge is 0.416 e. The molecule has 3 nitrogen and oxygen atoms in total. The molecule has 2 unspecified atom stereocenters. The van der Waals surface area contributed by atoms with E-state index in [4.69, 9.17) is 10.8 Å². The van der Waals surface area contributed by atoms with Crippen molar-refractivity contribution >= 4 is 0 Å². The molecule has 1 rings (SSSR count). The molecule has 0 heterocycles. The molecule has 1 aromatic carbocycles. The van der Waals surface area contributed by atoms with Crippen LogP contribution in [0, 0.1) is 0 Å². The number of aliphatic hydroxyl groups excluding tert-OH is 1. The van der Waals surface area contributed by atoms with Crippen LogP contribution < -0.4 is 11.1 Å². The zero-order valence-corrected chi connectivity index (χ0v) is 11.5. The predicted octanol–water partition coefficient (Wildman–Crippen LogP) is 2.46. The highest BCUT2D eigenvalue weighted by molar-refractivity contribution is 5.32. The lowest BCUT2D eigenvalue weighted by Gasteiger charge is -2.26. The van der Waals surface area contributed by atoms with Crippen molar-refractivity contribution in [3.63, 3.8) is 0 Å². The molecule has 0 amide bonds. The molecular weight excluding hydrogens is 269 g/mol. The third-order valence-corrected chi connectivity index (χ3v) is 3.28. The Morgan fingerprint density at radius 2 is 1.95 bits per heavy atom. The predicted molar refractivity (Wildman–Crippen MR) is 72.2 cm³/mol. The Labute approximate surface area is 117 Å². The minimum absolute atomic E-state index is 0.0102. The molecule has 0 aromatic heterocycles. The summed E-state index contributed by atoms with van der Waals surface area (Å²) < 4.78 is 39.0. The van der Waals surface area contributed by atoms with Gasteiger partial charge in [0.2, 0.25) is 0 Å². The first-order chi connectivity index (χ1) is 9.43. The van der Waals surface area contributed by atoms with E-state index in [2.05, 4.69) is 5.32 Å². The van der Waals surface area contributed by atoms with Gasteiger partial charge in [-0.25, -0.2) is 0 Å². The summed E-state index contributed by atoms with van der Waals surface area (Å²) in [4.78, 5) is 0. The second-order valence-corrected chi connectivity index (χ2v) is 4.66. The fourth-order valence-corrected chi connectivity index (χ4v) is 2.19. The second-order valence-electron chi connectivity index (χ2n) is 4.66. The van der Waals surface area contributed by atoms with Crippen LogP contribution in [0.15, 0.2) is 24.3 Å². The van der Waals surface area contributed by atoms with Gasteiger partial charge in [0.1, 0.15) is 0 Å². The Hall–Kier alpha value is -1.11. The highest BCUT2D eigenvalue weighted by Gasteiger charge is 2.34. The highest BCUT2D eigenvalue weighted by Crippen LogP contribution is 2.34. The Morgan fingerprint density at radius 3 is 2.45 bits per heavy atom. The quantitative estimate of drug-likeness (QED) is 0.723. The number of alkyl halides is 3. The van der Waals surface area contributed by atoms with E-state index in [1.165, 1.54) is 12.1 Å². The van der Waals surface area contributed by atoms with E-state index in [0.717, 1.165) is 6.07 Å². The minimum Gasteiger partial charge on any atom is -0.396 e. The summed E-state index contributed by atoms with van der Waals surface area (Å²) in [5.41, 5.74) is 5.11. The summed E-state index contributed by atoms with van der Waals surface area (Å²) in [6.45, 7) is 1.97. The normalized spacial score (nSPS) is 15.1. The number of nitrogens with one attached hydrogen (secondary N) is 1. The van der Waals surface area contributed by atoms with E-state index < -0.39 is 17.8 Å². The Bertz CT molecular complexity index is 410. The summed E-state index contributed by atoms with van der Waals surface area (Å²) in [5, 5.41) is 12.1. The maximum atomic E-state index is 13.0. The zero-order valence-electron chi connectivity index (χ0n) is 11.5. The van der Waals surface area contributed by atoms with Crippen molar-refractivity contribution in [2.45, 2.75) is 38.0 Å². The number of hydrogen-bond acceptors (Lipinski definition) is 3. The maximum absolute atomic E-state index is 13.0. The van der Waals surface area contributed by atoms with Crippen LogP contribution >= 0.6 is 0 Å². The van der Waals surface area contributed by atoms with Crippen molar-refractivity contribution in [1.29, 1.82) is 0 Å². The number of aliphatic hydroxyl groups is 1. The van der Waals surface area contributed by atoms with Crippen LogP contribution in [0.2, 0.25) is 0 Å². The lowest BCUT2D eigenvalue weighted by atomic mass is 9.98. The molecular formula is C14H21F3N2O. The van der Waals surface area contributed by atoms with Gasteiger partial charge in [0.15, 0.2) is 0 Å². The van der Waals surface area contributed by atoms with E-state index in [-0.39, 0.29) is 24.8 Å². The average Bonchev–Trinajstić information content (AvgIpc) is 2.42. The van der Waals surface area contributed by atoms with Crippen LogP contribution in [0.25, 0.3) is 0 Å². The summed E-state index contributed by atoms with van der Waals surface area (Å²) in [6, 6.07) is 4.80. The summed E-state index contributed by atoms with van der Waals surface area (Å²) in [5.74, 6) is 0. The van der Waals surface area contributed by atoms with Gasteiger partial charge in [-0.05, 0) is 24.5 Å². The van der Waals surface area contributed by atoms with Crippen LogP contribution in [0.5, 0.6) is 0 Å². The molecule has 0 radical (unpaired) electrons. The number of benzene rings is 1. The molecule has 0 bridgehead atoms. The van der Waals surface area contributed by atoms with E-state index >= 15 is 0 Å². The number of rotatable bonds is 7. The fourth-order valence-electron chi connectivity index (χ4n) is 2.19. The van der Waals surface area contributed by atoms with Gasteiger partial charge in [-0.3, -0.25) is 0 Å². The molecule has 114 valence electrons. The van der Waals surface area contributed by atoms with Gasteiger partial charge >= 0.3 is 6.18 Å². The van der Waals surface area contributed by atoms with Crippen LogP contribution in [-0.4, -0.2) is 24.3 Å². The van der Waals surface area contributed by atoms with E-state index in [0.29, 0.717) is 12.8 Å². The minimum atomic E-state index is -4.40. The van der Waals surface area contributed by atoms with Gasteiger partial charge in [0.05, 0.1) is 5.56 Å². The first-order valence-electron chi connectivity index (χ1n) is 6.67. The van der Waals surface area contributed by atoms with Crippen molar-refractivity contribution in [2.24, 2.45) is 5.73 Å². The second kappa shape index (κ2) is 7.61. The first kappa shape index (κ1) is 16.9. The average molecular weight is 290 g/mol. The molecule has 0 fully saturated rings. The zero-order chi connectivity index (χ0) is 15.2.